The van der Waals surface area contributed by atoms with E-state index in [2.05, 4.69) is 20.7 Å². The maximum atomic E-state index is 11.1. The van der Waals surface area contributed by atoms with Crippen molar-refractivity contribution in [1.82, 2.24) is 0 Å². The molecule has 1 rings (SSSR count). The van der Waals surface area contributed by atoms with Crippen LogP contribution in [0, 0.1) is 0 Å². The van der Waals surface area contributed by atoms with Gasteiger partial charge in [-0.05, 0) is 22.0 Å². The minimum Gasteiger partial charge on any atom is -0.392 e. The molecule has 0 aliphatic rings. The molecule has 4 nitrogen and oxygen atoms in total. The number of esters is 1. The SMILES string of the molecule is O=COC(=O)c1cccc(C=O)c1Br. The van der Waals surface area contributed by atoms with Crippen LogP contribution in [0.4, 0.5) is 0 Å². The lowest BCUT2D eigenvalue weighted by atomic mass is 10.1. The lowest BCUT2D eigenvalue weighted by Gasteiger charge is -2.02. The van der Waals surface area contributed by atoms with Gasteiger partial charge in [-0.3, -0.25) is 9.59 Å². The summed E-state index contributed by atoms with van der Waals surface area (Å²) in [7, 11) is 0. The number of hydrogen-bond donors (Lipinski definition) is 0. The predicted octanol–water partition coefficient (Wildman–Crippen LogP) is 1.57. The molecule has 0 saturated heterocycles. The molecule has 1 aromatic rings. The van der Waals surface area contributed by atoms with Gasteiger partial charge in [-0.2, -0.15) is 0 Å². The normalized spacial score (nSPS) is 9.21. The molecule has 0 aliphatic heterocycles. The first-order valence-electron chi connectivity index (χ1n) is 3.59. The fourth-order valence-electron chi connectivity index (χ4n) is 0.906. The molecule has 1 aromatic carbocycles. The van der Waals surface area contributed by atoms with Crippen LogP contribution in [0.2, 0.25) is 0 Å². The van der Waals surface area contributed by atoms with Gasteiger partial charge >= 0.3 is 12.4 Å². The van der Waals surface area contributed by atoms with Gasteiger partial charge in [0.1, 0.15) is 0 Å². The zero-order valence-corrected chi connectivity index (χ0v) is 8.48. The summed E-state index contributed by atoms with van der Waals surface area (Å²) in [5.41, 5.74) is 0.465. The summed E-state index contributed by atoms with van der Waals surface area (Å²) in [4.78, 5) is 31.6. The van der Waals surface area contributed by atoms with E-state index in [0.717, 1.165) is 0 Å². The molecule has 0 atom stereocenters. The third kappa shape index (κ3) is 2.05. The zero-order chi connectivity index (χ0) is 10.6. The third-order valence-electron chi connectivity index (χ3n) is 1.53. The number of carbonyl (C=O) groups is 3. The fourth-order valence-corrected chi connectivity index (χ4v) is 1.43. The summed E-state index contributed by atoms with van der Waals surface area (Å²) in [6.45, 7) is 0.0440. The number of carbonyl (C=O) groups excluding carboxylic acids is 3. The highest BCUT2D eigenvalue weighted by Crippen LogP contribution is 2.20. The van der Waals surface area contributed by atoms with Crippen molar-refractivity contribution in [1.29, 1.82) is 0 Å². The van der Waals surface area contributed by atoms with Crippen molar-refractivity contribution in [3.63, 3.8) is 0 Å². The molecule has 0 radical (unpaired) electrons. The largest absolute Gasteiger partial charge is 0.392 e. The maximum absolute atomic E-state index is 11.1. The van der Waals surface area contributed by atoms with Crippen LogP contribution in [0.1, 0.15) is 20.7 Å². The Kier molecular flexibility index (Phi) is 3.53. The van der Waals surface area contributed by atoms with E-state index in [-0.39, 0.29) is 12.0 Å². The molecule has 5 heteroatoms. The quantitative estimate of drug-likeness (QED) is 0.468. The molecular weight excluding hydrogens is 252 g/mol. The van der Waals surface area contributed by atoms with Gasteiger partial charge in [0, 0.05) is 10.0 Å². The number of benzene rings is 1. The molecule has 0 fully saturated rings. The summed E-state index contributed by atoms with van der Waals surface area (Å²) in [6.07, 6.45) is 0.599. The Bertz CT molecular complexity index is 386. The fraction of sp³-hybridized carbons (Fsp3) is 0. The van der Waals surface area contributed by atoms with E-state index in [9.17, 15) is 14.4 Å². The van der Waals surface area contributed by atoms with E-state index < -0.39 is 5.97 Å². The van der Waals surface area contributed by atoms with Gasteiger partial charge in [-0.15, -0.1) is 0 Å². The van der Waals surface area contributed by atoms with Gasteiger partial charge in [0.15, 0.2) is 6.29 Å². The molecule has 0 N–H and O–H groups in total. The van der Waals surface area contributed by atoms with Crippen LogP contribution in [0.15, 0.2) is 22.7 Å². The molecule has 14 heavy (non-hydrogen) atoms. The lowest BCUT2D eigenvalue weighted by molar-refractivity contribution is -0.123. The maximum Gasteiger partial charge on any atom is 0.346 e. The average Bonchev–Trinajstić information content (AvgIpc) is 2.18. The highest BCUT2D eigenvalue weighted by Gasteiger charge is 2.13. The van der Waals surface area contributed by atoms with Crippen molar-refractivity contribution < 1.29 is 19.1 Å². The molecule has 72 valence electrons. The Labute approximate surface area is 88.0 Å². The number of rotatable bonds is 3. The Morgan fingerprint density at radius 2 is 2.07 bits per heavy atom. The highest BCUT2D eigenvalue weighted by atomic mass is 79.9. The van der Waals surface area contributed by atoms with E-state index in [4.69, 9.17) is 0 Å². The Hall–Kier alpha value is -1.49. The van der Waals surface area contributed by atoms with Crippen molar-refractivity contribution in [2.24, 2.45) is 0 Å². The Morgan fingerprint density at radius 1 is 1.36 bits per heavy atom. The summed E-state index contributed by atoms with van der Waals surface area (Å²) in [5.74, 6) is -0.796. The molecule has 0 bridgehead atoms. The first kappa shape index (κ1) is 10.6. The van der Waals surface area contributed by atoms with Crippen LogP contribution in [-0.2, 0) is 9.53 Å². The van der Waals surface area contributed by atoms with Gasteiger partial charge < -0.3 is 4.74 Å². The van der Waals surface area contributed by atoms with E-state index in [1.807, 2.05) is 0 Å². The minimum atomic E-state index is -0.796. The first-order chi connectivity index (χ1) is 6.70. The summed E-state index contributed by atoms with van der Waals surface area (Å²) in [6, 6.07) is 4.51. The topological polar surface area (TPSA) is 60.4 Å². The van der Waals surface area contributed by atoms with Crippen molar-refractivity contribution in [3.05, 3.63) is 33.8 Å². The number of halogens is 1. The second-order valence-corrected chi connectivity index (χ2v) is 3.12. The van der Waals surface area contributed by atoms with Gasteiger partial charge in [0.25, 0.3) is 0 Å². The van der Waals surface area contributed by atoms with E-state index in [0.29, 0.717) is 16.3 Å². The van der Waals surface area contributed by atoms with Crippen LogP contribution in [0.3, 0.4) is 0 Å². The van der Waals surface area contributed by atoms with Crippen molar-refractivity contribution in [2.75, 3.05) is 0 Å². The second kappa shape index (κ2) is 4.66. The lowest BCUT2D eigenvalue weighted by Crippen LogP contribution is -2.05. The number of ether oxygens (including phenoxy) is 1. The van der Waals surface area contributed by atoms with E-state index in [1.165, 1.54) is 18.2 Å². The minimum absolute atomic E-state index is 0.0440. The Balaban J connectivity index is 3.15. The predicted molar refractivity (Wildman–Crippen MR) is 51.0 cm³/mol. The van der Waals surface area contributed by atoms with Crippen molar-refractivity contribution >= 4 is 34.7 Å². The van der Waals surface area contributed by atoms with Gasteiger partial charge in [0.2, 0.25) is 0 Å². The number of hydrogen-bond acceptors (Lipinski definition) is 4. The van der Waals surface area contributed by atoms with Gasteiger partial charge in [-0.1, -0.05) is 12.1 Å². The molecule has 0 amide bonds. The highest BCUT2D eigenvalue weighted by molar-refractivity contribution is 9.10. The molecular formula is C9H5BrO4. The summed E-state index contributed by atoms with van der Waals surface area (Å²) >= 11 is 3.06. The van der Waals surface area contributed by atoms with Crippen molar-refractivity contribution in [3.8, 4) is 0 Å². The third-order valence-corrected chi connectivity index (χ3v) is 2.42. The van der Waals surface area contributed by atoms with Crippen LogP contribution in [0.25, 0.3) is 0 Å². The van der Waals surface area contributed by atoms with Gasteiger partial charge in [0.05, 0.1) is 5.56 Å². The molecule has 0 heterocycles. The molecule has 0 spiro atoms. The Morgan fingerprint density at radius 3 is 2.64 bits per heavy atom. The van der Waals surface area contributed by atoms with Crippen molar-refractivity contribution in [2.45, 2.75) is 0 Å². The molecule has 0 aromatic heterocycles. The standard InChI is InChI=1S/C9H5BrO4/c10-8-6(4-11)2-1-3-7(8)9(13)14-5-12/h1-5H. The smallest absolute Gasteiger partial charge is 0.346 e. The summed E-state index contributed by atoms with van der Waals surface area (Å²) < 4.78 is 4.46. The van der Waals surface area contributed by atoms with Crippen LogP contribution in [0.5, 0.6) is 0 Å². The van der Waals surface area contributed by atoms with E-state index in [1.54, 1.807) is 0 Å². The van der Waals surface area contributed by atoms with Crippen LogP contribution in [-0.4, -0.2) is 18.7 Å². The summed E-state index contributed by atoms with van der Waals surface area (Å²) in [5, 5.41) is 0. The first-order valence-corrected chi connectivity index (χ1v) is 4.38. The van der Waals surface area contributed by atoms with Crippen LogP contribution < -0.4 is 0 Å². The molecule has 0 aliphatic carbocycles. The second-order valence-electron chi connectivity index (χ2n) is 2.33. The average molecular weight is 257 g/mol. The number of aldehydes is 1. The van der Waals surface area contributed by atoms with E-state index >= 15 is 0 Å². The zero-order valence-electron chi connectivity index (χ0n) is 6.90. The van der Waals surface area contributed by atoms with Crippen LogP contribution >= 0.6 is 15.9 Å². The van der Waals surface area contributed by atoms with Gasteiger partial charge in [-0.25, -0.2) is 4.79 Å². The molecule has 0 unspecified atom stereocenters. The monoisotopic (exact) mass is 256 g/mol. The molecule has 0 saturated carbocycles.